The number of benzene rings is 4. The second kappa shape index (κ2) is 29.3. The van der Waals surface area contributed by atoms with Crippen molar-refractivity contribution in [1.29, 1.82) is 1.43 Å². The molecule has 0 spiro atoms. The first-order valence-electron chi connectivity index (χ1n) is 20.7. The molecule has 0 saturated carbocycles. The van der Waals surface area contributed by atoms with Crippen LogP contribution in [0.4, 0.5) is 4.39 Å². The Balaban J connectivity index is -0.000000371. The van der Waals surface area contributed by atoms with Crippen molar-refractivity contribution in [2.45, 2.75) is 31.1 Å². The molecule has 0 fully saturated rings. The average Bonchev–Trinajstić information content (AvgIpc) is 3.61. The molecule has 2 aliphatic heterocycles. The number of rotatable bonds is 3. The molecule has 0 aromatic heterocycles. The number of carbonyl (C=O) groups is 4. The molecule has 3 N–H and O–H groups in total. The van der Waals surface area contributed by atoms with E-state index in [1.807, 2.05) is 6.92 Å². The van der Waals surface area contributed by atoms with Crippen LogP contribution in [0.25, 0.3) is 5.32 Å². The predicted molar refractivity (Wildman–Crippen MR) is 210 cm³/mol. The summed E-state index contributed by atoms with van der Waals surface area (Å²) >= 11 is 0. The third-order valence-corrected chi connectivity index (χ3v) is 8.55. The SMILES string of the molecule is C.Cc1ccc(S(=O)(=O)Cl)cc1.Cl.O=C1[N-]C(=O)c2ccccc21.[2H]C([2H])([2H])N.[2H]C([2H])([2H])N1C(=O)c2ccccc2C1=O.[2H]C([2H])([2H])OS(=O)(=O)c1ccc(C)cc1.[2H]CF.[2H]OC([2H])([2H])[2H].[K+]. The average molecular weight is 887 g/mol. The second-order valence-electron chi connectivity index (χ2n) is 9.36. The fourth-order valence-electron chi connectivity index (χ4n) is 3.71. The molecule has 298 valence electrons. The number of fused-ring (bicyclic) bond motifs is 2. The van der Waals surface area contributed by atoms with Gasteiger partial charge in [0.15, 0.2) is 0 Å². The van der Waals surface area contributed by atoms with Gasteiger partial charge in [-0.05, 0) is 57.2 Å². The largest absolute Gasteiger partial charge is 1.00 e. The first kappa shape index (κ1) is 35.3. The Bertz CT molecular complexity index is 2420. The van der Waals surface area contributed by atoms with Gasteiger partial charge >= 0.3 is 51.4 Å². The standard InChI is InChI=1S/C9H7NO2.C8H5NO2.C8H10O3S.C7H7ClO2S.CH3F.CH5N.CH4O.CH4.ClH.K/c1-10-8(11)6-4-2-3-5-7(6)9(10)12;10-7-5-3-1-2-4-6(5)8(11)9-7;1-7-3-5-8(6-4-7)12(9,10)11-2;1-6-2-4-7(5-3-6)11(8,9)10;3*1-2;;;/h2-5H,1H3;1-4H,(H,9,10,11);3-6H,1-2H3;2-5H,1H3;1H3;2H2,1H3;2H,1H3;1H4;1H;/q;;;;;;;;;+1/p-1/i1D3;;2D3;;1D;1D3;1D3,2D;;;. The first-order chi connectivity index (χ1) is 29.9. The van der Waals surface area contributed by atoms with Crippen LogP contribution in [0.15, 0.2) is 107 Å². The van der Waals surface area contributed by atoms with Gasteiger partial charge in [-0.1, -0.05) is 79.2 Å². The minimum absolute atomic E-state index is 0. The number of amides is 4. The van der Waals surface area contributed by atoms with Crippen LogP contribution in [-0.4, -0.2) is 87.1 Å². The van der Waals surface area contributed by atoms with E-state index in [1.54, 1.807) is 67.6 Å². The van der Waals surface area contributed by atoms with E-state index in [2.05, 4.69) is 20.3 Å². The monoisotopic (exact) mass is 885 g/mol. The molecule has 2 aliphatic rings. The molecule has 0 aliphatic carbocycles. The van der Waals surface area contributed by atoms with Crippen LogP contribution < -0.4 is 57.1 Å². The number of hydrogen-bond acceptors (Lipinski definition) is 11. The fraction of sp³-hybridized carbons (Fsp3) is 0.222. The third-order valence-electron chi connectivity index (χ3n) is 6.11. The van der Waals surface area contributed by atoms with E-state index in [9.17, 15) is 40.4 Å². The number of nitrogens with two attached hydrogens (primary N) is 1. The maximum atomic E-state index is 11.6. The maximum absolute atomic E-state index is 11.6. The second-order valence-corrected chi connectivity index (χ2v) is 13.5. The summed E-state index contributed by atoms with van der Waals surface area (Å²) in [6.07, 6.45) is 0. The van der Waals surface area contributed by atoms with Crippen molar-refractivity contribution in [3.8, 4) is 0 Å². The van der Waals surface area contributed by atoms with Crippen molar-refractivity contribution in [2.75, 3.05) is 35.2 Å². The van der Waals surface area contributed by atoms with Crippen LogP contribution in [0, 0.1) is 13.8 Å². The number of imide groups is 2. The van der Waals surface area contributed by atoms with Crippen LogP contribution >= 0.6 is 23.1 Å². The van der Waals surface area contributed by atoms with Gasteiger partial charge in [0.05, 0.1) is 56.5 Å². The summed E-state index contributed by atoms with van der Waals surface area (Å²) < 4.78 is 147. The zero-order valence-electron chi connectivity index (χ0n) is 42.5. The Morgan fingerprint density at radius 2 is 1.11 bits per heavy atom. The van der Waals surface area contributed by atoms with E-state index >= 15 is 0 Å². The molecule has 4 aromatic rings. The minimum atomic E-state index is -4.20. The summed E-state index contributed by atoms with van der Waals surface area (Å²) in [6.45, 7) is -1.29. The van der Waals surface area contributed by atoms with Crippen molar-refractivity contribution in [1.82, 2.24) is 4.90 Å². The topological polar surface area (TPSA) is 209 Å². The zero-order valence-corrected chi connectivity index (χ0v) is 34.8. The molecule has 0 bridgehead atoms. The van der Waals surface area contributed by atoms with Crippen molar-refractivity contribution in [3.63, 3.8) is 0 Å². The van der Waals surface area contributed by atoms with E-state index in [0.29, 0.717) is 16.0 Å². The van der Waals surface area contributed by atoms with Gasteiger partial charge in [0.2, 0.25) is 1.43 Å². The number of alkyl halides is 1. The Kier molecular flexibility index (Phi) is 18.8. The molecule has 4 aromatic carbocycles. The number of carbonyl (C=O) groups excluding carboxylic acids is 4. The van der Waals surface area contributed by atoms with Gasteiger partial charge in [0.1, 0.15) is 0 Å². The van der Waals surface area contributed by atoms with Crippen LogP contribution in [0.1, 0.15) is 77.8 Å². The van der Waals surface area contributed by atoms with Crippen LogP contribution in [0.2, 0.25) is 0 Å². The maximum Gasteiger partial charge on any atom is 1.00 e. The van der Waals surface area contributed by atoms with Gasteiger partial charge in [0, 0.05) is 44.0 Å². The molecule has 6 rings (SSSR count). The summed E-state index contributed by atoms with van der Waals surface area (Å²) in [5.74, 6) is -2.36. The van der Waals surface area contributed by atoms with Gasteiger partial charge in [-0.15, -0.1) is 12.4 Å². The quantitative estimate of drug-likeness (QED) is 0.132. The van der Waals surface area contributed by atoms with Crippen molar-refractivity contribution >= 4 is 65.9 Å². The van der Waals surface area contributed by atoms with Crippen LogP contribution in [0.5, 0.6) is 0 Å². The Morgan fingerprint density at radius 1 is 0.764 bits per heavy atom. The van der Waals surface area contributed by atoms with Crippen molar-refractivity contribution in [2.24, 2.45) is 5.73 Å². The number of aliphatic hydroxyl groups is 1. The first-order valence-corrected chi connectivity index (χ1v) is 17.3. The Labute approximate surface area is 395 Å². The van der Waals surface area contributed by atoms with Crippen molar-refractivity contribution < 1.29 is 119 Å². The van der Waals surface area contributed by atoms with Gasteiger partial charge in [-0.2, -0.15) is 8.42 Å². The third kappa shape index (κ3) is 18.3. The Morgan fingerprint density at radius 3 is 1.42 bits per heavy atom. The molecule has 4 amide bonds. The van der Waals surface area contributed by atoms with E-state index in [-0.39, 0.29) is 92.1 Å². The molecule has 2 heterocycles. The van der Waals surface area contributed by atoms with E-state index < -0.39 is 78.0 Å². The zero-order chi connectivity index (χ0) is 51.6. The van der Waals surface area contributed by atoms with Gasteiger partial charge < -0.3 is 25.7 Å². The molecule has 19 heteroatoms. The molecule has 0 atom stereocenters. The molecule has 55 heavy (non-hydrogen) atoms. The molecular weight excluding hydrogens is 828 g/mol. The smallest absolute Gasteiger partial charge is 0.587 e. The fourth-order valence-corrected chi connectivity index (χ4v) is 5.05. The number of nitrogens with zero attached hydrogens (tertiary/aromatic N) is 2. The molecule has 0 saturated heterocycles. The van der Waals surface area contributed by atoms with Crippen LogP contribution in [-0.2, 0) is 23.4 Å². The van der Waals surface area contributed by atoms with Gasteiger partial charge in [0.25, 0.3) is 31.0 Å². The summed E-state index contributed by atoms with van der Waals surface area (Å²) in [7, 11) is -9.16. The van der Waals surface area contributed by atoms with E-state index in [0.717, 1.165) is 11.1 Å². The summed E-state index contributed by atoms with van der Waals surface area (Å²) in [4.78, 5) is 45.3. The summed E-state index contributed by atoms with van der Waals surface area (Å²) in [5, 5.41) is 6.47. The number of halogens is 3. The normalized spacial score (nSPS) is 16.0. The van der Waals surface area contributed by atoms with Gasteiger partial charge in [-0.25, -0.2) is 8.42 Å². The predicted octanol–water partition coefficient (Wildman–Crippen LogP) is 3.35. The summed E-state index contributed by atoms with van der Waals surface area (Å²) in [5.41, 5.74) is 7.37. The van der Waals surface area contributed by atoms with E-state index in [1.165, 1.54) is 36.4 Å². The Hall–Kier alpha value is -2.91. The molecule has 13 nitrogen and oxygen atoms in total. The number of aryl methyl sites for hydroxylation is 2. The van der Waals surface area contributed by atoms with Gasteiger partial charge in [-0.3, -0.25) is 23.1 Å². The number of hydrogen-bond donors (Lipinski definition) is 2. The molecular formula is C36H45Cl2FKN3O10S2. The minimum Gasteiger partial charge on any atom is -0.587 e. The van der Waals surface area contributed by atoms with Crippen LogP contribution in [0.3, 0.4) is 0 Å². The molecule has 0 unspecified atom stereocenters. The molecule has 0 radical (unpaired) electrons. The summed E-state index contributed by atoms with van der Waals surface area (Å²) in [6, 6.07) is 24.8. The van der Waals surface area contributed by atoms with E-state index in [4.69, 9.17) is 29.9 Å². The van der Waals surface area contributed by atoms with Crippen molar-refractivity contribution in [3.05, 3.63) is 136 Å².